The molecule has 7 nitrogen and oxygen atoms in total. The topological polar surface area (TPSA) is 71.1 Å². The summed E-state index contributed by atoms with van der Waals surface area (Å²) in [6.07, 6.45) is 1.77. The molecule has 7 heteroatoms. The quantitative estimate of drug-likeness (QED) is 0.554. The van der Waals surface area contributed by atoms with Gasteiger partial charge in [0.2, 0.25) is 0 Å². The third kappa shape index (κ3) is 7.79. The first-order valence-corrected chi connectivity index (χ1v) is 11.8. The Bertz CT molecular complexity index is 865. The minimum Gasteiger partial charge on any atom is -0.494 e. The van der Waals surface area contributed by atoms with Gasteiger partial charge in [0.1, 0.15) is 12.3 Å². The van der Waals surface area contributed by atoms with Gasteiger partial charge in [0.05, 0.1) is 13.2 Å². The van der Waals surface area contributed by atoms with Gasteiger partial charge in [-0.05, 0) is 49.9 Å². The Balaban J connectivity index is 1.63. The number of rotatable bonds is 10. The molecule has 0 saturated carbocycles. The number of nitrogens with zero attached hydrogens (tertiary/aromatic N) is 2. The van der Waals surface area contributed by atoms with Crippen LogP contribution in [0.2, 0.25) is 0 Å². The molecule has 0 bridgehead atoms. The number of hydrogen-bond acceptors (Lipinski definition) is 5. The first-order chi connectivity index (χ1) is 16.1. The highest BCUT2D eigenvalue weighted by atomic mass is 16.5. The van der Waals surface area contributed by atoms with Gasteiger partial charge in [0, 0.05) is 32.2 Å². The van der Waals surface area contributed by atoms with Crippen molar-refractivity contribution in [1.82, 2.24) is 15.1 Å². The third-order valence-corrected chi connectivity index (χ3v) is 5.78. The van der Waals surface area contributed by atoms with E-state index in [1.165, 1.54) is 5.56 Å². The molecular formula is C26H35N3O4. The zero-order valence-electron chi connectivity index (χ0n) is 19.7. The first kappa shape index (κ1) is 24.6. The zero-order valence-corrected chi connectivity index (χ0v) is 19.7. The van der Waals surface area contributed by atoms with Gasteiger partial charge in [-0.1, -0.05) is 42.5 Å². The Morgan fingerprint density at radius 3 is 2.30 bits per heavy atom. The van der Waals surface area contributed by atoms with Gasteiger partial charge in [0.15, 0.2) is 0 Å². The molecule has 1 N–H and O–H groups in total. The van der Waals surface area contributed by atoms with Crippen LogP contribution in [0.3, 0.4) is 0 Å². The van der Waals surface area contributed by atoms with Crippen molar-refractivity contribution in [2.45, 2.75) is 45.8 Å². The number of esters is 1. The average Bonchev–Trinajstić information content (AvgIpc) is 2.84. The third-order valence-electron chi connectivity index (χ3n) is 5.78. The minimum absolute atomic E-state index is 0.103. The van der Waals surface area contributed by atoms with Gasteiger partial charge in [0.25, 0.3) is 0 Å². The molecule has 2 aromatic carbocycles. The van der Waals surface area contributed by atoms with Crippen molar-refractivity contribution < 1.29 is 19.1 Å². The van der Waals surface area contributed by atoms with E-state index in [1.54, 1.807) is 6.92 Å². The number of urea groups is 1. The predicted molar refractivity (Wildman–Crippen MR) is 128 cm³/mol. The van der Waals surface area contributed by atoms with Crippen molar-refractivity contribution in [3.05, 3.63) is 65.7 Å². The minimum atomic E-state index is -0.426. The van der Waals surface area contributed by atoms with E-state index in [4.69, 9.17) is 9.47 Å². The second-order valence-corrected chi connectivity index (χ2v) is 8.16. The molecule has 0 atom stereocenters. The van der Waals surface area contributed by atoms with E-state index in [0.29, 0.717) is 19.8 Å². The molecule has 2 amide bonds. The van der Waals surface area contributed by atoms with E-state index in [0.717, 1.165) is 43.8 Å². The maximum Gasteiger partial charge on any atom is 0.325 e. The summed E-state index contributed by atoms with van der Waals surface area (Å²) in [5, 5.41) is 2.74. The maximum absolute atomic E-state index is 13.1. The van der Waals surface area contributed by atoms with Gasteiger partial charge in [-0.15, -0.1) is 0 Å². The number of nitrogens with one attached hydrogen (secondary N) is 1. The first-order valence-electron chi connectivity index (χ1n) is 11.8. The molecular weight excluding hydrogens is 418 g/mol. The van der Waals surface area contributed by atoms with Crippen molar-refractivity contribution in [3.63, 3.8) is 0 Å². The molecule has 1 heterocycles. The van der Waals surface area contributed by atoms with Gasteiger partial charge >= 0.3 is 12.0 Å². The molecule has 33 heavy (non-hydrogen) atoms. The van der Waals surface area contributed by atoms with Crippen molar-refractivity contribution in [2.24, 2.45) is 0 Å². The summed E-state index contributed by atoms with van der Waals surface area (Å²) in [7, 11) is 0. The molecule has 0 aliphatic carbocycles. The summed E-state index contributed by atoms with van der Waals surface area (Å²) in [6, 6.07) is 18.1. The lowest BCUT2D eigenvalue weighted by Gasteiger charge is -2.38. The summed E-state index contributed by atoms with van der Waals surface area (Å²) >= 11 is 0. The Labute approximate surface area is 196 Å². The number of amides is 2. The fourth-order valence-electron chi connectivity index (χ4n) is 4.11. The highest BCUT2D eigenvalue weighted by Crippen LogP contribution is 2.22. The van der Waals surface area contributed by atoms with Crippen molar-refractivity contribution >= 4 is 12.0 Å². The summed E-state index contributed by atoms with van der Waals surface area (Å²) < 4.78 is 10.5. The molecule has 1 fully saturated rings. The highest BCUT2D eigenvalue weighted by Gasteiger charge is 2.28. The van der Waals surface area contributed by atoms with Gasteiger partial charge < -0.3 is 19.7 Å². The highest BCUT2D eigenvalue weighted by molar-refractivity contribution is 5.81. The van der Waals surface area contributed by atoms with Crippen LogP contribution < -0.4 is 10.1 Å². The Morgan fingerprint density at radius 2 is 1.67 bits per heavy atom. The lowest BCUT2D eigenvalue weighted by Crippen LogP contribution is -2.51. The molecule has 0 spiro atoms. The van der Waals surface area contributed by atoms with Crippen molar-refractivity contribution in [2.75, 3.05) is 32.8 Å². The number of ether oxygens (including phenoxy) is 2. The number of carbonyl (C=O) groups is 2. The van der Waals surface area contributed by atoms with E-state index in [1.807, 2.05) is 42.2 Å². The zero-order chi connectivity index (χ0) is 23.5. The number of carbonyl (C=O) groups excluding carboxylic acids is 2. The van der Waals surface area contributed by atoms with Crippen molar-refractivity contribution in [3.8, 4) is 5.75 Å². The largest absolute Gasteiger partial charge is 0.494 e. The summed E-state index contributed by atoms with van der Waals surface area (Å²) in [4.78, 5) is 29.1. The van der Waals surface area contributed by atoms with Crippen LogP contribution >= 0.6 is 0 Å². The summed E-state index contributed by atoms with van der Waals surface area (Å²) in [6.45, 7) is 7.73. The lowest BCUT2D eigenvalue weighted by molar-refractivity contribution is -0.141. The molecule has 0 unspecified atom stereocenters. The van der Waals surface area contributed by atoms with E-state index < -0.39 is 5.97 Å². The Kier molecular flexibility index (Phi) is 9.57. The van der Waals surface area contributed by atoms with E-state index >= 15 is 0 Å². The smallest absolute Gasteiger partial charge is 0.325 e. The standard InChI is InChI=1S/C26H35N3O4/c1-3-32-24-12-10-22(11-13-24)20-29(26(31)27-18-25(30)33-4-2)23-14-16-28(17-15-23)19-21-8-6-5-7-9-21/h5-13,23H,3-4,14-20H2,1-2H3,(H,27,31). The van der Waals surface area contributed by atoms with Crippen LogP contribution in [-0.2, 0) is 22.6 Å². The van der Waals surface area contributed by atoms with Gasteiger partial charge in [-0.3, -0.25) is 9.69 Å². The van der Waals surface area contributed by atoms with Crippen LogP contribution in [0.4, 0.5) is 4.79 Å². The molecule has 1 aliphatic rings. The number of piperidine rings is 1. The van der Waals surface area contributed by atoms with Crippen LogP contribution in [0.5, 0.6) is 5.75 Å². The summed E-state index contributed by atoms with van der Waals surface area (Å²) in [5.74, 6) is 0.387. The molecule has 1 saturated heterocycles. The maximum atomic E-state index is 13.1. The van der Waals surface area contributed by atoms with Crippen LogP contribution in [-0.4, -0.2) is 60.7 Å². The summed E-state index contributed by atoms with van der Waals surface area (Å²) in [5.41, 5.74) is 2.32. The molecule has 2 aromatic rings. The van der Waals surface area contributed by atoms with Crippen LogP contribution in [0.1, 0.15) is 37.8 Å². The molecule has 178 valence electrons. The fraction of sp³-hybridized carbons (Fsp3) is 0.462. The molecule has 0 aromatic heterocycles. The van der Waals surface area contributed by atoms with Gasteiger partial charge in [-0.2, -0.15) is 0 Å². The number of likely N-dealkylation sites (tertiary alicyclic amines) is 1. The molecule has 0 radical (unpaired) electrons. The van der Waals surface area contributed by atoms with Crippen LogP contribution in [0.15, 0.2) is 54.6 Å². The normalized spacial score (nSPS) is 14.5. The SMILES string of the molecule is CCOC(=O)CNC(=O)N(Cc1ccc(OCC)cc1)C1CCN(Cc2ccccc2)CC1. The van der Waals surface area contributed by atoms with Gasteiger partial charge in [-0.25, -0.2) is 4.79 Å². The monoisotopic (exact) mass is 453 g/mol. The number of hydrogen-bond donors (Lipinski definition) is 1. The van der Waals surface area contributed by atoms with E-state index in [9.17, 15) is 9.59 Å². The fourth-order valence-corrected chi connectivity index (χ4v) is 4.11. The van der Waals surface area contributed by atoms with E-state index in [2.05, 4.69) is 34.5 Å². The Morgan fingerprint density at radius 1 is 0.970 bits per heavy atom. The lowest BCUT2D eigenvalue weighted by atomic mass is 10.0. The molecule has 1 aliphatic heterocycles. The predicted octanol–water partition coefficient (Wildman–Crippen LogP) is 3.82. The van der Waals surface area contributed by atoms with Crippen LogP contribution in [0, 0.1) is 0 Å². The second kappa shape index (κ2) is 12.8. The molecule has 3 rings (SSSR count). The van der Waals surface area contributed by atoms with Crippen molar-refractivity contribution in [1.29, 1.82) is 0 Å². The second-order valence-electron chi connectivity index (χ2n) is 8.16. The average molecular weight is 454 g/mol. The number of benzene rings is 2. The van der Waals surface area contributed by atoms with E-state index in [-0.39, 0.29) is 18.6 Å². The van der Waals surface area contributed by atoms with Crippen LogP contribution in [0.25, 0.3) is 0 Å². The Hall–Kier alpha value is -3.06.